The minimum atomic E-state index is -3.64. The monoisotopic (exact) mass is 335 g/mol. The van der Waals surface area contributed by atoms with Gasteiger partial charge in [-0.3, -0.25) is 0 Å². The van der Waals surface area contributed by atoms with Crippen LogP contribution >= 0.6 is 0 Å². The maximum atomic E-state index is 12.7. The SMILES string of the molecule is CCO[C@@H]1C[C@@H](NS(=O)(=O)c2cc3ccccc3o2)C12CCC2. The maximum absolute atomic E-state index is 12.7. The van der Waals surface area contributed by atoms with Crippen LogP contribution in [0.2, 0.25) is 0 Å². The summed E-state index contributed by atoms with van der Waals surface area (Å²) in [4.78, 5) is 0. The zero-order valence-corrected chi connectivity index (χ0v) is 13.9. The van der Waals surface area contributed by atoms with Crippen molar-refractivity contribution in [3.63, 3.8) is 0 Å². The predicted octanol–water partition coefficient (Wildman–Crippen LogP) is 3.06. The van der Waals surface area contributed by atoms with E-state index in [1.54, 1.807) is 12.1 Å². The molecule has 1 N–H and O–H groups in total. The van der Waals surface area contributed by atoms with Crippen molar-refractivity contribution in [1.82, 2.24) is 4.72 Å². The molecule has 0 aliphatic heterocycles. The largest absolute Gasteiger partial charge is 0.443 e. The van der Waals surface area contributed by atoms with Crippen molar-refractivity contribution in [3.05, 3.63) is 30.3 Å². The van der Waals surface area contributed by atoms with Crippen molar-refractivity contribution < 1.29 is 17.6 Å². The molecule has 1 aromatic heterocycles. The molecule has 0 amide bonds. The zero-order valence-electron chi connectivity index (χ0n) is 13.1. The number of rotatable bonds is 5. The Morgan fingerprint density at radius 2 is 2.13 bits per heavy atom. The molecule has 0 bridgehead atoms. The average Bonchev–Trinajstić information content (AvgIpc) is 2.89. The summed E-state index contributed by atoms with van der Waals surface area (Å²) in [6.45, 7) is 2.66. The van der Waals surface area contributed by atoms with Gasteiger partial charge in [-0.25, -0.2) is 13.1 Å². The Labute approximate surface area is 136 Å². The average molecular weight is 335 g/mol. The summed E-state index contributed by atoms with van der Waals surface area (Å²) in [6, 6.07) is 8.85. The number of benzene rings is 1. The molecule has 1 heterocycles. The molecule has 2 atom stereocenters. The first-order valence-electron chi connectivity index (χ1n) is 8.18. The molecule has 2 aliphatic carbocycles. The van der Waals surface area contributed by atoms with Gasteiger partial charge >= 0.3 is 0 Å². The molecule has 1 spiro atoms. The highest BCUT2D eigenvalue weighted by atomic mass is 32.2. The number of para-hydroxylation sites is 1. The quantitative estimate of drug-likeness (QED) is 0.912. The van der Waals surface area contributed by atoms with Crippen molar-refractivity contribution in [3.8, 4) is 0 Å². The molecule has 2 aromatic rings. The first-order chi connectivity index (χ1) is 11.0. The Kier molecular flexibility index (Phi) is 3.51. The summed E-state index contributed by atoms with van der Waals surface area (Å²) >= 11 is 0. The summed E-state index contributed by atoms with van der Waals surface area (Å²) in [7, 11) is -3.64. The van der Waals surface area contributed by atoms with Gasteiger partial charge in [0, 0.05) is 29.5 Å². The van der Waals surface area contributed by atoms with E-state index in [1.807, 2.05) is 25.1 Å². The molecule has 0 unspecified atom stereocenters. The number of hydrogen-bond donors (Lipinski definition) is 1. The van der Waals surface area contributed by atoms with Crippen molar-refractivity contribution in [2.24, 2.45) is 5.41 Å². The molecule has 2 fully saturated rings. The summed E-state index contributed by atoms with van der Waals surface area (Å²) < 4.78 is 39.4. The molecular formula is C17H21NO4S. The fourth-order valence-corrected chi connectivity index (χ4v) is 5.24. The fourth-order valence-electron chi connectivity index (χ4n) is 3.94. The summed E-state index contributed by atoms with van der Waals surface area (Å²) in [6.07, 6.45) is 4.14. The van der Waals surface area contributed by atoms with Crippen LogP contribution in [-0.4, -0.2) is 27.2 Å². The van der Waals surface area contributed by atoms with Crippen LogP contribution in [0.25, 0.3) is 11.0 Å². The van der Waals surface area contributed by atoms with Crippen molar-refractivity contribution in [1.29, 1.82) is 0 Å². The molecule has 5 nitrogen and oxygen atoms in total. The molecule has 2 aliphatic rings. The summed E-state index contributed by atoms with van der Waals surface area (Å²) in [5.41, 5.74) is 0.585. The normalized spacial score (nSPS) is 26.1. The second-order valence-electron chi connectivity index (χ2n) is 6.54. The Morgan fingerprint density at radius 3 is 2.78 bits per heavy atom. The number of furan rings is 1. The van der Waals surface area contributed by atoms with Crippen molar-refractivity contribution >= 4 is 21.0 Å². The number of hydrogen-bond acceptors (Lipinski definition) is 4. The lowest BCUT2D eigenvalue weighted by Crippen LogP contribution is -2.67. The molecule has 23 heavy (non-hydrogen) atoms. The highest BCUT2D eigenvalue weighted by Crippen LogP contribution is 2.57. The van der Waals surface area contributed by atoms with Gasteiger partial charge in [0.25, 0.3) is 10.0 Å². The number of fused-ring (bicyclic) bond motifs is 1. The first-order valence-corrected chi connectivity index (χ1v) is 9.66. The summed E-state index contributed by atoms with van der Waals surface area (Å²) in [5.74, 6) is 0. The molecule has 4 rings (SSSR count). The minimum Gasteiger partial charge on any atom is -0.443 e. The zero-order chi connectivity index (χ0) is 16.1. The van der Waals surface area contributed by atoms with Gasteiger partial charge in [0.05, 0.1) is 6.10 Å². The van der Waals surface area contributed by atoms with Crippen LogP contribution in [0.15, 0.2) is 39.8 Å². The molecule has 0 radical (unpaired) electrons. The van der Waals surface area contributed by atoms with E-state index in [9.17, 15) is 8.42 Å². The first kappa shape index (κ1) is 15.2. The molecular weight excluding hydrogens is 314 g/mol. The highest BCUT2D eigenvalue weighted by Gasteiger charge is 2.59. The van der Waals surface area contributed by atoms with E-state index < -0.39 is 10.0 Å². The van der Waals surface area contributed by atoms with Crippen LogP contribution in [-0.2, 0) is 14.8 Å². The van der Waals surface area contributed by atoms with Crippen LogP contribution in [0.1, 0.15) is 32.6 Å². The van der Waals surface area contributed by atoms with Gasteiger partial charge in [-0.1, -0.05) is 24.6 Å². The van der Waals surface area contributed by atoms with E-state index in [4.69, 9.17) is 9.15 Å². The van der Waals surface area contributed by atoms with E-state index in [2.05, 4.69) is 4.72 Å². The Hall–Kier alpha value is -1.37. The lowest BCUT2D eigenvalue weighted by atomic mass is 9.51. The van der Waals surface area contributed by atoms with Crippen LogP contribution in [0.4, 0.5) is 0 Å². The van der Waals surface area contributed by atoms with E-state index in [1.165, 1.54) is 0 Å². The second kappa shape index (κ2) is 5.33. The third kappa shape index (κ3) is 2.31. The standard InChI is InChI=1S/C17H21NO4S/c1-2-21-15-11-14(17(15)8-5-9-17)18-23(19,20)16-10-12-6-3-4-7-13(12)22-16/h3-4,6-7,10,14-15,18H,2,5,8-9,11H2,1H3/t14-,15-/m1/s1. The van der Waals surface area contributed by atoms with E-state index in [0.717, 1.165) is 31.1 Å². The van der Waals surface area contributed by atoms with Gasteiger partial charge in [-0.15, -0.1) is 0 Å². The lowest BCUT2D eigenvalue weighted by molar-refractivity contribution is -0.167. The van der Waals surface area contributed by atoms with Gasteiger partial charge in [-0.05, 0) is 32.3 Å². The number of ether oxygens (including phenoxy) is 1. The topological polar surface area (TPSA) is 68.5 Å². The maximum Gasteiger partial charge on any atom is 0.274 e. The number of sulfonamides is 1. The van der Waals surface area contributed by atoms with Crippen LogP contribution in [0.5, 0.6) is 0 Å². The minimum absolute atomic E-state index is 0.00487. The van der Waals surface area contributed by atoms with E-state index in [0.29, 0.717) is 12.2 Å². The molecule has 0 saturated heterocycles. The Bertz CT molecular complexity index is 789. The highest BCUT2D eigenvalue weighted by molar-refractivity contribution is 7.89. The van der Waals surface area contributed by atoms with Gasteiger partial charge in [0.15, 0.2) is 0 Å². The smallest absolute Gasteiger partial charge is 0.274 e. The molecule has 124 valence electrons. The Balaban J connectivity index is 1.56. The van der Waals surface area contributed by atoms with Crippen molar-refractivity contribution in [2.45, 2.75) is 49.8 Å². The van der Waals surface area contributed by atoms with Crippen molar-refractivity contribution in [2.75, 3.05) is 6.61 Å². The fraction of sp³-hybridized carbons (Fsp3) is 0.529. The van der Waals surface area contributed by atoms with Gasteiger partial charge in [-0.2, -0.15) is 0 Å². The molecule has 6 heteroatoms. The van der Waals surface area contributed by atoms with Crippen LogP contribution in [0.3, 0.4) is 0 Å². The second-order valence-corrected chi connectivity index (χ2v) is 8.19. The van der Waals surface area contributed by atoms with Gasteiger partial charge < -0.3 is 9.15 Å². The number of nitrogens with one attached hydrogen (secondary N) is 1. The summed E-state index contributed by atoms with van der Waals surface area (Å²) in [5, 5.41) is 0.792. The molecule has 2 saturated carbocycles. The van der Waals surface area contributed by atoms with E-state index in [-0.39, 0.29) is 22.7 Å². The predicted molar refractivity (Wildman–Crippen MR) is 86.6 cm³/mol. The Morgan fingerprint density at radius 1 is 1.35 bits per heavy atom. The third-order valence-electron chi connectivity index (χ3n) is 5.40. The van der Waals surface area contributed by atoms with E-state index >= 15 is 0 Å². The van der Waals surface area contributed by atoms with Crippen LogP contribution < -0.4 is 4.72 Å². The van der Waals surface area contributed by atoms with Gasteiger partial charge in [0.1, 0.15) is 5.58 Å². The van der Waals surface area contributed by atoms with Gasteiger partial charge in [0.2, 0.25) is 5.09 Å². The molecule has 1 aromatic carbocycles. The third-order valence-corrected chi connectivity index (χ3v) is 6.73. The lowest BCUT2D eigenvalue weighted by Gasteiger charge is -2.60. The van der Waals surface area contributed by atoms with Crippen LogP contribution in [0, 0.1) is 5.41 Å².